The van der Waals surface area contributed by atoms with Gasteiger partial charge in [0.2, 0.25) is 0 Å². The Morgan fingerprint density at radius 3 is 2.57 bits per heavy atom. The predicted octanol–water partition coefficient (Wildman–Crippen LogP) is 3.97. The fourth-order valence-electron chi connectivity index (χ4n) is 1.97. The second-order valence-electron chi connectivity index (χ2n) is 5.14. The molecule has 2 aromatic carbocycles. The SMILES string of the molecule is C=CCOc1ccc(NC(=O)C(C)Oc2ccccc2C)cc1. The van der Waals surface area contributed by atoms with E-state index in [1.807, 2.05) is 31.2 Å². The number of hydrogen-bond acceptors (Lipinski definition) is 3. The van der Waals surface area contributed by atoms with Gasteiger partial charge in [0.25, 0.3) is 5.91 Å². The van der Waals surface area contributed by atoms with Crippen LogP contribution < -0.4 is 14.8 Å². The first kappa shape index (κ1) is 16.6. The fourth-order valence-corrected chi connectivity index (χ4v) is 1.97. The van der Waals surface area contributed by atoms with Crippen molar-refractivity contribution in [2.45, 2.75) is 20.0 Å². The maximum Gasteiger partial charge on any atom is 0.265 e. The molecule has 0 saturated heterocycles. The Balaban J connectivity index is 1.93. The second-order valence-corrected chi connectivity index (χ2v) is 5.14. The van der Waals surface area contributed by atoms with Gasteiger partial charge in [0.05, 0.1) is 0 Å². The van der Waals surface area contributed by atoms with Crippen molar-refractivity contribution in [1.29, 1.82) is 0 Å². The van der Waals surface area contributed by atoms with Crippen LogP contribution in [-0.4, -0.2) is 18.6 Å². The van der Waals surface area contributed by atoms with E-state index >= 15 is 0 Å². The summed E-state index contributed by atoms with van der Waals surface area (Å²) >= 11 is 0. The molecular weight excluding hydrogens is 290 g/mol. The number of aryl methyl sites for hydroxylation is 1. The minimum Gasteiger partial charge on any atom is -0.490 e. The van der Waals surface area contributed by atoms with E-state index < -0.39 is 6.10 Å². The van der Waals surface area contributed by atoms with Crippen LogP contribution in [0.2, 0.25) is 0 Å². The summed E-state index contributed by atoms with van der Waals surface area (Å²) < 4.78 is 11.1. The van der Waals surface area contributed by atoms with Crippen molar-refractivity contribution in [2.24, 2.45) is 0 Å². The molecule has 0 fully saturated rings. The fraction of sp³-hybridized carbons (Fsp3) is 0.211. The van der Waals surface area contributed by atoms with Crippen LogP contribution in [0.3, 0.4) is 0 Å². The third-order valence-electron chi connectivity index (χ3n) is 3.26. The van der Waals surface area contributed by atoms with E-state index in [0.29, 0.717) is 18.0 Å². The average molecular weight is 311 g/mol. The molecule has 23 heavy (non-hydrogen) atoms. The monoisotopic (exact) mass is 311 g/mol. The third kappa shape index (κ3) is 4.88. The summed E-state index contributed by atoms with van der Waals surface area (Å²) in [7, 11) is 0. The first-order valence-electron chi connectivity index (χ1n) is 7.47. The van der Waals surface area contributed by atoms with Crippen LogP contribution in [-0.2, 0) is 4.79 Å². The van der Waals surface area contributed by atoms with Crippen LogP contribution in [0.25, 0.3) is 0 Å². The van der Waals surface area contributed by atoms with Gasteiger partial charge in [-0.1, -0.05) is 30.9 Å². The molecule has 1 amide bonds. The van der Waals surface area contributed by atoms with Gasteiger partial charge in [-0.05, 0) is 49.7 Å². The highest BCUT2D eigenvalue weighted by Gasteiger charge is 2.15. The van der Waals surface area contributed by atoms with Crippen molar-refractivity contribution >= 4 is 11.6 Å². The lowest BCUT2D eigenvalue weighted by molar-refractivity contribution is -0.122. The summed E-state index contributed by atoms with van der Waals surface area (Å²) in [4.78, 5) is 12.2. The highest BCUT2D eigenvalue weighted by molar-refractivity contribution is 5.94. The lowest BCUT2D eigenvalue weighted by Gasteiger charge is -2.16. The maximum absolute atomic E-state index is 12.2. The molecule has 0 radical (unpaired) electrons. The molecule has 0 saturated carbocycles. The van der Waals surface area contributed by atoms with Crippen LogP contribution in [0, 0.1) is 6.92 Å². The molecule has 0 aromatic heterocycles. The average Bonchev–Trinajstić information content (AvgIpc) is 2.56. The van der Waals surface area contributed by atoms with Crippen LogP contribution >= 0.6 is 0 Å². The smallest absolute Gasteiger partial charge is 0.265 e. The second kappa shape index (κ2) is 8.03. The highest BCUT2D eigenvalue weighted by atomic mass is 16.5. The van der Waals surface area contributed by atoms with Crippen molar-refractivity contribution in [3.05, 3.63) is 66.7 Å². The number of ether oxygens (including phenoxy) is 2. The largest absolute Gasteiger partial charge is 0.490 e. The number of rotatable bonds is 7. The van der Waals surface area contributed by atoms with Gasteiger partial charge in [-0.2, -0.15) is 0 Å². The lowest BCUT2D eigenvalue weighted by atomic mass is 10.2. The normalized spacial score (nSPS) is 11.4. The molecule has 120 valence electrons. The Labute approximate surface area is 136 Å². The molecule has 4 heteroatoms. The topological polar surface area (TPSA) is 47.6 Å². The first-order valence-corrected chi connectivity index (χ1v) is 7.47. The number of nitrogens with one attached hydrogen (secondary N) is 1. The number of carbonyl (C=O) groups excluding carboxylic acids is 1. The van der Waals surface area contributed by atoms with Gasteiger partial charge >= 0.3 is 0 Å². The number of benzene rings is 2. The molecule has 0 aliphatic heterocycles. The molecule has 0 spiro atoms. The summed E-state index contributed by atoms with van der Waals surface area (Å²) in [5.41, 5.74) is 1.69. The Bertz CT molecular complexity index is 665. The molecular formula is C19H21NO3. The summed E-state index contributed by atoms with van der Waals surface area (Å²) in [6.45, 7) is 7.72. The molecule has 1 atom stereocenters. The van der Waals surface area contributed by atoms with Crippen molar-refractivity contribution in [3.8, 4) is 11.5 Å². The van der Waals surface area contributed by atoms with Crippen molar-refractivity contribution in [2.75, 3.05) is 11.9 Å². The molecule has 1 unspecified atom stereocenters. The molecule has 2 rings (SSSR count). The van der Waals surface area contributed by atoms with E-state index in [4.69, 9.17) is 9.47 Å². The summed E-state index contributed by atoms with van der Waals surface area (Å²) in [6.07, 6.45) is 1.09. The predicted molar refractivity (Wildman–Crippen MR) is 92.0 cm³/mol. The Kier molecular flexibility index (Phi) is 5.80. The van der Waals surface area contributed by atoms with E-state index in [1.165, 1.54) is 0 Å². The Morgan fingerprint density at radius 2 is 1.91 bits per heavy atom. The maximum atomic E-state index is 12.2. The van der Waals surface area contributed by atoms with Gasteiger partial charge in [-0.25, -0.2) is 0 Å². The molecule has 0 aliphatic rings. The van der Waals surface area contributed by atoms with Crippen LogP contribution in [0.15, 0.2) is 61.2 Å². The number of anilines is 1. The number of amides is 1. The number of carbonyl (C=O) groups is 1. The van der Waals surface area contributed by atoms with Gasteiger partial charge in [0.1, 0.15) is 18.1 Å². The van der Waals surface area contributed by atoms with E-state index in [-0.39, 0.29) is 5.91 Å². The summed E-state index contributed by atoms with van der Waals surface area (Å²) in [6, 6.07) is 14.8. The van der Waals surface area contributed by atoms with Crippen LogP contribution in [0.4, 0.5) is 5.69 Å². The van der Waals surface area contributed by atoms with Gasteiger partial charge in [0, 0.05) is 5.69 Å². The van der Waals surface area contributed by atoms with E-state index in [0.717, 1.165) is 11.3 Å². The lowest BCUT2D eigenvalue weighted by Crippen LogP contribution is -2.30. The van der Waals surface area contributed by atoms with E-state index in [2.05, 4.69) is 11.9 Å². The van der Waals surface area contributed by atoms with Crippen molar-refractivity contribution in [1.82, 2.24) is 0 Å². The number of hydrogen-bond donors (Lipinski definition) is 1. The molecule has 4 nitrogen and oxygen atoms in total. The van der Waals surface area contributed by atoms with Crippen LogP contribution in [0.1, 0.15) is 12.5 Å². The molecule has 0 bridgehead atoms. The summed E-state index contributed by atoms with van der Waals surface area (Å²) in [5.74, 6) is 1.24. The number of para-hydroxylation sites is 1. The van der Waals surface area contributed by atoms with E-state index in [1.54, 1.807) is 37.3 Å². The first-order chi connectivity index (χ1) is 11.1. The minimum atomic E-state index is -0.590. The zero-order valence-corrected chi connectivity index (χ0v) is 13.4. The Morgan fingerprint density at radius 1 is 1.22 bits per heavy atom. The molecule has 2 aromatic rings. The zero-order valence-electron chi connectivity index (χ0n) is 13.4. The minimum absolute atomic E-state index is 0.201. The van der Waals surface area contributed by atoms with Gasteiger partial charge in [-0.15, -0.1) is 0 Å². The van der Waals surface area contributed by atoms with Gasteiger partial charge in [0.15, 0.2) is 6.10 Å². The highest BCUT2D eigenvalue weighted by Crippen LogP contribution is 2.19. The zero-order chi connectivity index (χ0) is 16.7. The van der Waals surface area contributed by atoms with Crippen molar-refractivity contribution in [3.63, 3.8) is 0 Å². The van der Waals surface area contributed by atoms with Crippen LogP contribution in [0.5, 0.6) is 11.5 Å². The molecule has 0 aliphatic carbocycles. The van der Waals surface area contributed by atoms with E-state index in [9.17, 15) is 4.79 Å². The molecule has 0 heterocycles. The third-order valence-corrected chi connectivity index (χ3v) is 3.26. The Hall–Kier alpha value is -2.75. The molecule has 1 N–H and O–H groups in total. The van der Waals surface area contributed by atoms with Gasteiger partial charge in [-0.3, -0.25) is 4.79 Å². The van der Waals surface area contributed by atoms with Gasteiger partial charge < -0.3 is 14.8 Å². The quantitative estimate of drug-likeness (QED) is 0.787. The van der Waals surface area contributed by atoms with Crippen molar-refractivity contribution < 1.29 is 14.3 Å². The standard InChI is InChI=1S/C19H21NO3/c1-4-13-22-17-11-9-16(10-12-17)20-19(21)15(3)23-18-8-6-5-7-14(18)2/h4-12,15H,1,13H2,2-3H3,(H,20,21). The summed E-state index contributed by atoms with van der Waals surface area (Å²) in [5, 5.41) is 2.83.